The number of ether oxygens (including phenoxy) is 1. The maximum absolute atomic E-state index is 13.4. The fourth-order valence-electron chi connectivity index (χ4n) is 1.58. The molecule has 0 aliphatic rings. The number of nitrogens with one attached hydrogen (secondary N) is 1. The minimum atomic E-state index is -0.642. The molecule has 2 aromatic rings. The van der Waals surface area contributed by atoms with Crippen molar-refractivity contribution >= 4 is 17.7 Å². The number of hydrogen-bond acceptors (Lipinski definition) is 5. The van der Waals surface area contributed by atoms with Crippen LogP contribution >= 0.6 is 0 Å². The van der Waals surface area contributed by atoms with Crippen molar-refractivity contribution in [3.8, 4) is 0 Å². The summed E-state index contributed by atoms with van der Waals surface area (Å²) in [7, 11) is 0. The molecule has 0 saturated heterocycles. The molecule has 0 bridgehead atoms. The molecule has 0 aliphatic heterocycles. The van der Waals surface area contributed by atoms with E-state index in [2.05, 4.69) is 15.5 Å². The number of aromatic nitrogens is 3. The van der Waals surface area contributed by atoms with E-state index in [1.807, 2.05) is 0 Å². The van der Waals surface area contributed by atoms with E-state index in [0.29, 0.717) is 0 Å². The number of esters is 1. The molecule has 1 heterocycles. The number of rotatable bonds is 5. The van der Waals surface area contributed by atoms with Crippen molar-refractivity contribution in [2.75, 3.05) is 11.9 Å². The van der Waals surface area contributed by atoms with Crippen LogP contribution in [-0.4, -0.2) is 33.5 Å². The molecule has 0 fully saturated rings. The van der Waals surface area contributed by atoms with E-state index in [0.717, 1.165) is 4.80 Å². The van der Waals surface area contributed by atoms with Gasteiger partial charge in [-0.25, -0.2) is 9.18 Å². The standard InChI is InChI=1S/C13H13FN4O3/c1-2-21-12(19)8-18-15-7-11(17-18)16-13(20)9-5-3-4-6-10(9)14/h3-7H,2,8H2,1H3,(H,16,17,20). The molecule has 0 saturated carbocycles. The first kappa shape index (κ1) is 14.6. The second-order valence-corrected chi connectivity index (χ2v) is 4.00. The van der Waals surface area contributed by atoms with Crippen molar-refractivity contribution in [3.63, 3.8) is 0 Å². The minimum absolute atomic E-state index is 0.0996. The molecule has 0 radical (unpaired) electrons. The van der Waals surface area contributed by atoms with Gasteiger partial charge in [0.2, 0.25) is 0 Å². The van der Waals surface area contributed by atoms with Crippen molar-refractivity contribution in [3.05, 3.63) is 41.8 Å². The van der Waals surface area contributed by atoms with E-state index >= 15 is 0 Å². The van der Waals surface area contributed by atoms with Crippen LogP contribution in [0.1, 0.15) is 17.3 Å². The smallest absolute Gasteiger partial charge is 0.329 e. The summed E-state index contributed by atoms with van der Waals surface area (Å²) in [5, 5.41) is 10.1. The highest BCUT2D eigenvalue weighted by Gasteiger charge is 2.13. The minimum Gasteiger partial charge on any atom is -0.465 e. The summed E-state index contributed by atoms with van der Waals surface area (Å²) in [6.07, 6.45) is 1.26. The fourth-order valence-corrected chi connectivity index (χ4v) is 1.58. The molecular weight excluding hydrogens is 279 g/mol. The first-order chi connectivity index (χ1) is 10.1. The van der Waals surface area contributed by atoms with Gasteiger partial charge in [0.15, 0.2) is 12.4 Å². The monoisotopic (exact) mass is 292 g/mol. The largest absolute Gasteiger partial charge is 0.465 e. The third kappa shape index (κ3) is 3.85. The summed E-state index contributed by atoms with van der Waals surface area (Å²) in [5.74, 6) is -1.64. The number of nitrogens with zero attached hydrogens (tertiary/aromatic N) is 3. The zero-order valence-electron chi connectivity index (χ0n) is 11.2. The molecule has 0 atom stereocenters. The zero-order chi connectivity index (χ0) is 15.2. The van der Waals surface area contributed by atoms with Crippen molar-refractivity contribution < 1.29 is 18.7 Å². The average Bonchev–Trinajstić information content (AvgIpc) is 2.86. The van der Waals surface area contributed by atoms with Gasteiger partial charge in [0.05, 0.1) is 18.4 Å². The Morgan fingerprint density at radius 2 is 2.14 bits per heavy atom. The third-order valence-electron chi connectivity index (χ3n) is 2.47. The summed E-state index contributed by atoms with van der Waals surface area (Å²) in [6.45, 7) is 1.79. The van der Waals surface area contributed by atoms with Gasteiger partial charge in [0, 0.05) is 0 Å². The third-order valence-corrected chi connectivity index (χ3v) is 2.47. The van der Waals surface area contributed by atoms with E-state index < -0.39 is 17.7 Å². The number of hydrogen-bond donors (Lipinski definition) is 1. The topological polar surface area (TPSA) is 86.1 Å². The number of anilines is 1. The number of carbonyl (C=O) groups excluding carboxylic acids is 2. The SMILES string of the molecule is CCOC(=O)Cn1ncc(NC(=O)c2ccccc2F)n1. The Kier molecular flexibility index (Phi) is 4.60. The van der Waals surface area contributed by atoms with Crippen LogP contribution in [0.25, 0.3) is 0 Å². The second-order valence-electron chi connectivity index (χ2n) is 4.00. The lowest BCUT2D eigenvalue weighted by Gasteiger charge is -2.02. The Morgan fingerprint density at radius 1 is 1.38 bits per heavy atom. The molecule has 2 rings (SSSR count). The molecule has 1 N–H and O–H groups in total. The molecule has 1 aromatic heterocycles. The maximum Gasteiger partial charge on any atom is 0.329 e. The molecule has 0 aliphatic carbocycles. The highest BCUT2D eigenvalue weighted by Crippen LogP contribution is 2.09. The van der Waals surface area contributed by atoms with Crippen molar-refractivity contribution in [1.29, 1.82) is 0 Å². The van der Waals surface area contributed by atoms with Gasteiger partial charge >= 0.3 is 5.97 Å². The first-order valence-electron chi connectivity index (χ1n) is 6.21. The Hall–Kier alpha value is -2.77. The van der Waals surface area contributed by atoms with Crippen LogP contribution in [0.5, 0.6) is 0 Å². The Balaban J connectivity index is 2.01. The summed E-state index contributed by atoms with van der Waals surface area (Å²) < 4.78 is 18.2. The molecule has 0 spiro atoms. The van der Waals surface area contributed by atoms with Gasteiger partial charge in [-0.1, -0.05) is 12.1 Å². The predicted octanol–water partition coefficient (Wildman–Crippen LogP) is 1.23. The molecule has 1 amide bonds. The van der Waals surface area contributed by atoms with E-state index in [4.69, 9.17) is 4.74 Å². The lowest BCUT2D eigenvalue weighted by molar-refractivity contribution is -0.144. The van der Waals surface area contributed by atoms with Crippen LogP contribution < -0.4 is 5.32 Å². The molecular formula is C13H13FN4O3. The molecule has 8 heteroatoms. The van der Waals surface area contributed by atoms with E-state index in [1.54, 1.807) is 13.0 Å². The number of carbonyl (C=O) groups is 2. The van der Waals surface area contributed by atoms with E-state index in [9.17, 15) is 14.0 Å². The molecule has 1 aromatic carbocycles. The van der Waals surface area contributed by atoms with Gasteiger partial charge in [-0.2, -0.15) is 9.90 Å². The van der Waals surface area contributed by atoms with E-state index in [1.165, 1.54) is 24.4 Å². The van der Waals surface area contributed by atoms with Gasteiger partial charge < -0.3 is 10.1 Å². The average molecular weight is 292 g/mol. The van der Waals surface area contributed by atoms with Crippen LogP contribution in [0.3, 0.4) is 0 Å². The number of benzene rings is 1. The van der Waals surface area contributed by atoms with Crippen molar-refractivity contribution in [1.82, 2.24) is 15.0 Å². The normalized spacial score (nSPS) is 10.2. The Morgan fingerprint density at radius 3 is 2.86 bits per heavy atom. The summed E-state index contributed by atoms with van der Waals surface area (Å²) in [4.78, 5) is 24.2. The van der Waals surface area contributed by atoms with Gasteiger partial charge in [-0.05, 0) is 19.1 Å². The van der Waals surface area contributed by atoms with Crippen LogP contribution in [0.2, 0.25) is 0 Å². The summed E-state index contributed by atoms with van der Waals surface area (Å²) >= 11 is 0. The molecule has 0 unspecified atom stereocenters. The summed E-state index contributed by atoms with van der Waals surface area (Å²) in [5.41, 5.74) is -0.0996. The number of halogens is 1. The second kappa shape index (κ2) is 6.60. The van der Waals surface area contributed by atoms with E-state index in [-0.39, 0.29) is 24.5 Å². The number of amides is 1. The van der Waals surface area contributed by atoms with Gasteiger partial charge in [-0.15, -0.1) is 5.10 Å². The Labute approximate surface area is 119 Å². The van der Waals surface area contributed by atoms with Crippen LogP contribution in [0.15, 0.2) is 30.5 Å². The predicted molar refractivity (Wildman–Crippen MR) is 71.0 cm³/mol. The highest BCUT2D eigenvalue weighted by molar-refractivity contribution is 6.03. The summed E-state index contributed by atoms with van der Waals surface area (Å²) in [6, 6.07) is 5.58. The Bertz CT molecular complexity index is 656. The fraction of sp³-hybridized carbons (Fsp3) is 0.231. The lowest BCUT2D eigenvalue weighted by atomic mass is 10.2. The van der Waals surface area contributed by atoms with Crippen LogP contribution in [0.4, 0.5) is 10.2 Å². The quantitative estimate of drug-likeness (QED) is 0.838. The van der Waals surface area contributed by atoms with Crippen molar-refractivity contribution in [2.45, 2.75) is 13.5 Å². The maximum atomic E-state index is 13.4. The van der Waals surface area contributed by atoms with Crippen LogP contribution in [0, 0.1) is 5.82 Å². The van der Waals surface area contributed by atoms with Gasteiger partial charge in [-0.3, -0.25) is 4.79 Å². The van der Waals surface area contributed by atoms with Crippen molar-refractivity contribution in [2.24, 2.45) is 0 Å². The van der Waals surface area contributed by atoms with Crippen LogP contribution in [-0.2, 0) is 16.1 Å². The lowest BCUT2D eigenvalue weighted by Crippen LogP contribution is -2.17. The van der Waals surface area contributed by atoms with Gasteiger partial charge in [0.25, 0.3) is 5.91 Å². The molecule has 110 valence electrons. The highest BCUT2D eigenvalue weighted by atomic mass is 19.1. The first-order valence-corrected chi connectivity index (χ1v) is 6.21. The van der Waals surface area contributed by atoms with Gasteiger partial charge in [0.1, 0.15) is 5.82 Å². The zero-order valence-corrected chi connectivity index (χ0v) is 11.2. The molecule has 7 nitrogen and oxygen atoms in total. The molecule has 21 heavy (non-hydrogen) atoms.